The highest BCUT2D eigenvalue weighted by Gasteiger charge is 2.29. The van der Waals surface area contributed by atoms with Gasteiger partial charge in [-0.1, -0.05) is 12.1 Å². The van der Waals surface area contributed by atoms with Gasteiger partial charge in [0.05, 0.1) is 4.92 Å². The molecule has 0 bridgehead atoms. The predicted molar refractivity (Wildman–Crippen MR) is 92.5 cm³/mol. The van der Waals surface area contributed by atoms with Gasteiger partial charge in [0.1, 0.15) is 0 Å². The minimum absolute atomic E-state index is 0.00297. The Morgan fingerprint density at radius 3 is 2.79 bits per heavy atom. The molecule has 6 heteroatoms. The summed E-state index contributed by atoms with van der Waals surface area (Å²) in [5, 5.41) is 10.8. The van der Waals surface area contributed by atoms with Crippen LogP contribution in [0, 0.1) is 10.1 Å². The first kappa shape index (κ1) is 16.6. The van der Waals surface area contributed by atoms with Crippen molar-refractivity contribution >= 4 is 17.7 Å². The van der Waals surface area contributed by atoms with Crippen LogP contribution in [0.3, 0.4) is 0 Å². The number of carbonyl (C=O) groups excluding carboxylic acids is 1. The molecule has 1 amide bonds. The lowest BCUT2D eigenvalue weighted by Gasteiger charge is -2.27. The van der Waals surface area contributed by atoms with E-state index in [-0.39, 0.29) is 11.6 Å². The van der Waals surface area contributed by atoms with Crippen molar-refractivity contribution in [2.24, 2.45) is 0 Å². The Labute approximate surface area is 141 Å². The summed E-state index contributed by atoms with van der Waals surface area (Å²) >= 11 is 0. The van der Waals surface area contributed by atoms with Crippen LogP contribution in [0.5, 0.6) is 0 Å². The molecule has 128 valence electrons. The van der Waals surface area contributed by atoms with E-state index in [9.17, 15) is 14.9 Å². The Morgan fingerprint density at radius 2 is 2.04 bits per heavy atom. The molecule has 2 aliphatic rings. The summed E-state index contributed by atoms with van der Waals surface area (Å²) in [4.78, 5) is 27.3. The summed E-state index contributed by atoms with van der Waals surface area (Å²) in [7, 11) is 0. The first-order valence-electron chi connectivity index (χ1n) is 8.59. The third kappa shape index (κ3) is 4.00. The lowest BCUT2D eigenvalue weighted by molar-refractivity contribution is -0.384. The molecule has 2 aliphatic heterocycles. The minimum Gasteiger partial charge on any atom is -0.335 e. The number of likely N-dealkylation sites (tertiary alicyclic amines) is 2. The van der Waals surface area contributed by atoms with Gasteiger partial charge in [-0.05, 0) is 50.4 Å². The second-order valence-electron chi connectivity index (χ2n) is 6.52. The average Bonchev–Trinajstić information content (AvgIpc) is 3.25. The summed E-state index contributed by atoms with van der Waals surface area (Å²) in [5.41, 5.74) is 0.713. The average molecular weight is 329 g/mol. The standard InChI is InChI=1S/C18H23N3O3/c22-18(9-8-15-5-3-6-16(13-15)21(23)24)20-12-4-7-17(20)14-19-10-1-2-11-19/h3,5-6,8-9,13,17H,1-2,4,7,10-12,14H2. The van der Waals surface area contributed by atoms with Gasteiger partial charge < -0.3 is 9.80 Å². The number of non-ortho nitro benzene ring substituents is 1. The zero-order valence-corrected chi connectivity index (χ0v) is 13.8. The van der Waals surface area contributed by atoms with E-state index in [0.29, 0.717) is 11.6 Å². The predicted octanol–water partition coefficient (Wildman–Crippen LogP) is 2.69. The molecular formula is C18H23N3O3. The van der Waals surface area contributed by atoms with Crippen LogP contribution in [-0.4, -0.2) is 52.9 Å². The van der Waals surface area contributed by atoms with E-state index in [2.05, 4.69) is 4.90 Å². The number of nitro groups is 1. The summed E-state index contributed by atoms with van der Waals surface area (Å²) in [6, 6.07) is 6.63. The second kappa shape index (κ2) is 7.57. The quantitative estimate of drug-likeness (QED) is 0.473. The van der Waals surface area contributed by atoms with Gasteiger partial charge in [0.2, 0.25) is 5.91 Å². The van der Waals surface area contributed by atoms with E-state index >= 15 is 0 Å². The molecule has 0 aromatic heterocycles. The lowest BCUT2D eigenvalue weighted by atomic mass is 10.1. The molecule has 2 saturated heterocycles. The molecule has 1 aromatic carbocycles. The number of nitrogens with zero attached hydrogens (tertiary/aromatic N) is 3. The largest absolute Gasteiger partial charge is 0.335 e. The Hall–Kier alpha value is -2.21. The van der Waals surface area contributed by atoms with Crippen molar-refractivity contribution in [3.63, 3.8) is 0 Å². The summed E-state index contributed by atoms with van der Waals surface area (Å²) in [5.74, 6) is 0.00297. The monoisotopic (exact) mass is 329 g/mol. The SMILES string of the molecule is O=C(C=Cc1cccc([N+](=O)[O-])c1)N1CCCC1CN1CCCC1. The smallest absolute Gasteiger partial charge is 0.270 e. The Balaban J connectivity index is 1.62. The van der Waals surface area contributed by atoms with E-state index in [1.165, 1.54) is 25.0 Å². The summed E-state index contributed by atoms with van der Waals surface area (Å²) in [6.45, 7) is 4.05. The van der Waals surface area contributed by atoms with Gasteiger partial charge in [-0.25, -0.2) is 0 Å². The first-order valence-corrected chi connectivity index (χ1v) is 8.59. The van der Waals surface area contributed by atoms with Crippen LogP contribution in [0.1, 0.15) is 31.2 Å². The molecule has 3 rings (SSSR count). The van der Waals surface area contributed by atoms with E-state index in [4.69, 9.17) is 0 Å². The third-order valence-corrected chi connectivity index (χ3v) is 4.83. The van der Waals surface area contributed by atoms with Crippen molar-refractivity contribution in [3.8, 4) is 0 Å². The fourth-order valence-electron chi connectivity index (χ4n) is 3.58. The molecule has 0 aliphatic carbocycles. The van der Waals surface area contributed by atoms with Crippen LogP contribution in [-0.2, 0) is 4.79 Å². The second-order valence-corrected chi connectivity index (χ2v) is 6.52. The number of hydrogen-bond donors (Lipinski definition) is 0. The van der Waals surface area contributed by atoms with Gasteiger partial charge in [-0.3, -0.25) is 14.9 Å². The Morgan fingerprint density at radius 1 is 1.25 bits per heavy atom. The molecule has 6 nitrogen and oxygen atoms in total. The number of amides is 1. The fourth-order valence-corrected chi connectivity index (χ4v) is 3.58. The number of benzene rings is 1. The molecule has 0 radical (unpaired) electrons. The van der Waals surface area contributed by atoms with Crippen LogP contribution >= 0.6 is 0 Å². The van der Waals surface area contributed by atoms with E-state index in [0.717, 1.165) is 39.0 Å². The van der Waals surface area contributed by atoms with Gasteiger partial charge in [-0.2, -0.15) is 0 Å². The molecule has 2 fully saturated rings. The molecular weight excluding hydrogens is 306 g/mol. The van der Waals surface area contributed by atoms with E-state index in [1.807, 2.05) is 4.90 Å². The summed E-state index contributed by atoms with van der Waals surface area (Å²) < 4.78 is 0. The van der Waals surface area contributed by atoms with Crippen LogP contribution in [0.4, 0.5) is 5.69 Å². The molecule has 24 heavy (non-hydrogen) atoms. The van der Waals surface area contributed by atoms with E-state index in [1.54, 1.807) is 24.3 Å². The molecule has 1 aromatic rings. The zero-order valence-electron chi connectivity index (χ0n) is 13.8. The molecule has 0 saturated carbocycles. The Bertz CT molecular complexity index is 638. The van der Waals surface area contributed by atoms with Crippen molar-refractivity contribution in [2.45, 2.75) is 31.7 Å². The van der Waals surface area contributed by atoms with Crippen molar-refractivity contribution in [3.05, 3.63) is 46.0 Å². The van der Waals surface area contributed by atoms with Crippen molar-refractivity contribution in [2.75, 3.05) is 26.2 Å². The van der Waals surface area contributed by atoms with Gasteiger partial charge in [0.25, 0.3) is 5.69 Å². The molecule has 0 spiro atoms. The molecule has 2 heterocycles. The lowest BCUT2D eigenvalue weighted by Crippen LogP contribution is -2.41. The summed E-state index contributed by atoms with van der Waals surface area (Å²) in [6.07, 6.45) is 7.84. The van der Waals surface area contributed by atoms with Gasteiger partial charge in [-0.15, -0.1) is 0 Å². The topological polar surface area (TPSA) is 66.7 Å². The van der Waals surface area contributed by atoms with Crippen LogP contribution < -0.4 is 0 Å². The van der Waals surface area contributed by atoms with Crippen LogP contribution in [0.15, 0.2) is 30.3 Å². The number of hydrogen-bond acceptors (Lipinski definition) is 4. The van der Waals surface area contributed by atoms with Crippen molar-refractivity contribution in [1.82, 2.24) is 9.80 Å². The highest BCUT2D eigenvalue weighted by atomic mass is 16.6. The molecule has 1 atom stereocenters. The fraction of sp³-hybridized carbons (Fsp3) is 0.500. The van der Waals surface area contributed by atoms with Gasteiger partial charge in [0, 0.05) is 37.3 Å². The van der Waals surface area contributed by atoms with Crippen molar-refractivity contribution < 1.29 is 9.72 Å². The van der Waals surface area contributed by atoms with Crippen molar-refractivity contribution in [1.29, 1.82) is 0 Å². The normalized spacial score (nSPS) is 21.7. The molecule has 1 unspecified atom stereocenters. The maximum atomic E-state index is 12.5. The number of carbonyl (C=O) groups is 1. The maximum absolute atomic E-state index is 12.5. The zero-order chi connectivity index (χ0) is 16.9. The van der Waals surface area contributed by atoms with Gasteiger partial charge >= 0.3 is 0 Å². The van der Waals surface area contributed by atoms with Gasteiger partial charge in [0.15, 0.2) is 0 Å². The van der Waals surface area contributed by atoms with E-state index < -0.39 is 4.92 Å². The highest BCUT2D eigenvalue weighted by Crippen LogP contribution is 2.21. The number of rotatable bonds is 5. The first-order chi connectivity index (χ1) is 11.6. The Kier molecular flexibility index (Phi) is 5.25. The van der Waals surface area contributed by atoms with Crippen LogP contribution in [0.25, 0.3) is 6.08 Å². The highest BCUT2D eigenvalue weighted by molar-refractivity contribution is 5.92. The van der Waals surface area contributed by atoms with Crippen LogP contribution in [0.2, 0.25) is 0 Å². The third-order valence-electron chi connectivity index (χ3n) is 4.83. The molecule has 0 N–H and O–H groups in total. The number of nitro benzene ring substituents is 1. The maximum Gasteiger partial charge on any atom is 0.270 e. The minimum atomic E-state index is -0.425.